The number of carbonyl (C=O) groups excluding carboxylic acids is 4. The normalized spacial score (nSPS) is 15.5. The molecular formula is C27H30ClN5O5. The number of aromatic nitrogens is 1. The summed E-state index contributed by atoms with van der Waals surface area (Å²) >= 11 is 6.38. The molecule has 2 N–H and O–H groups in total. The van der Waals surface area contributed by atoms with E-state index < -0.39 is 35.6 Å². The number of ether oxygens (including phenoxy) is 1. The summed E-state index contributed by atoms with van der Waals surface area (Å²) in [7, 11) is 0. The number of para-hydroxylation sites is 1. The number of primary amides is 1. The van der Waals surface area contributed by atoms with Crippen LogP contribution in [0.15, 0.2) is 60.8 Å². The SMILES string of the molecule is CC(C)(C)OC(=O)N1CCC(C(=O)N(Cl)Cc2ccccc2)N1C(=O)Cc1cn(C(N)=O)c2ccccc12. The minimum Gasteiger partial charge on any atom is -0.442 e. The zero-order valence-electron chi connectivity index (χ0n) is 21.5. The van der Waals surface area contributed by atoms with E-state index in [9.17, 15) is 19.2 Å². The van der Waals surface area contributed by atoms with Crippen LogP contribution in [-0.2, 0) is 27.3 Å². The second-order valence-electron chi connectivity index (χ2n) is 10.0. The minimum atomic E-state index is -1.01. The monoisotopic (exact) mass is 539 g/mol. The van der Waals surface area contributed by atoms with E-state index in [1.807, 2.05) is 30.3 Å². The number of nitrogens with two attached hydrogens (primary N) is 1. The lowest BCUT2D eigenvalue weighted by Gasteiger charge is -2.33. The van der Waals surface area contributed by atoms with Crippen LogP contribution in [-0.4, -0.2) is 61.1 Å². The fourth-order valence-electron chi connectivity index (χ4n) is 4.47. The summed E-state index contributed by atoms with van der Waals surface area (Å²) in [6.45, 7) is 5.37. The standard InChI is InChI=1S/C27H30ClN5O5/c1-27(2,3)38-26(37)32-14-13-22(24(35)31(28)16-18-9-5-4-6-10-18)33(32)23(34)15-19-17-30(25(29)36)21-12-8-7-11-20(19)21/h4-12,17,22H,13-16H2,1-3H3,(H2,29,36). The first kappa shape index (κ1) is 27.0. The molecule has 1 saturated heterocycles. The van der Waals surface area contributed by atoms with Gasteiger partial charge in [0.15, 0.2) is 0 Å². The molecule has 1 aromatic heterocycles. The van der Waals surface area contributed by atoms with E-state index in [-0.39, 0.29) is 25.9 Å². The highest BCUT2D eigenvalue weighted by molar-refractivity contribution is 6.22. The first-order valence-electron chi connectivity index (χ1n) is 12.2. The molecule has 0 bridgehead atoms. The zero-order valence-corrected chi connectivity index (χ0v) is 22.2. The van der Waals surface area contributed by atoms with Crippen molar-refractivity contribution in [3.05, 3.63) is 71.9 Å². The van der Waals surface area contributed by atoms with E-state index in [0.717, 1.165) is 20.0 Å². The van der Waals surface area contributed by atoms with E-state index in [4.69, 9.17) is 22.2 Å². The number of halogens is 1. The van der Waals surface area contributed by atoms with E-state index in [2.05, 4.69) is 0 Å². The van der Waals surface area contributed by atoms with Crippen LogP contribution in [0.1, 0.15) is 38.3 Å². The molecule has 0 radical (unpaired) electrons. The second kappa shape index (κ2) is 10.7. The smallest absolute Gasteiger partial charge is 0.429 e. The first-order chi connectivity index (χ1) is 18.0. The Bertz CT molecular complexity index is 1370. The number of nitrogens with zero attached hydrogens (tertiary/aromatic N) is 4. The van der Waals surface area contributed by atoms with Gasteiger partial charge in [0, 0.05) is 29.9 Å². The van der Waals surface area contributed by atoms with Crippen LogP contribution in [0, 0.1) is 0 Å². The Kier molecular flexibility index (Phi) is 7.63. The Morgan fingerprint density at radius 3 is 2.37 bits per heavy atom. The summed E-state index contributed by atoms with van der Waals surface area (Å²) in [5.41, 5.74) is 6.60. The Labute approximate surface area is 225 Å². The maximum Gasteiger partial charge on any atom is 0.429 e. The minimum absolute atomic E-state index is 0.0934. The van der Waals surface area contributed by atoms with Gasteiger partial charge in [-0.25, -0.2) is 24.0 Å². The number of rotatable bonds is 5. The number of benzene rings is 2. The van der Waals surface area contributed by atoms with Gasteiger partial charge in [0.25, 0.3) is 5.91 Å². The Hall–Kier alpha value is -4.05. The highest BCUT2D eigenvalue weighted by atomic mass is 35.5. The zero-order chi connectivity index (χ0) is 27.6. The van der Waals surface area contributed by atoms with Crippen molar-refractivity contribution < 1.29 is 23.9 Å². The van der Waals surface area contributed by atoms with Crippen molar-refractivity contribution in [1.29, 1.82) is 0 Å². The van der Waals surface area contributed by atoms with Crippen molar-refractivity contribution in [1.82, 2.24) is 19.0 Å². The molecule has 0 spiro atoms. The number of hydrogen-bond acceptors (Lipinski definition) is 5. The molecule has 2 aromatic carbocycles. The predicted molar refractivity (Wildman–Crippen MR) is 142 cm³/mol. The molecule has 3 aromatic rings. The summed E-state index contributed by atoms with van der Waals surface area (Å²) < 4.78 is 7.80. The third-order valence-corrected chi connectivity index (χ3v) is 6.38. The van der Waals surface area contributed by atoms with Gasteiger partial charge in [0.2, 0.25) is 5.91 Å². The van der Waals surface area contributed by atoms with E-state index in [1.54, 1.807) is 45.0 Å². The van der Waals surface area contributed by atoms with Crippen molar-refractivity contribution in [3.63, 3.8) is 0 Å². The highest BCUT2D eigenvalue weighted by Crippen LogP contribution is 2.28. The molecular weight excluding hydrogens is 510 g/mol. The Morgan fingerprint density at radius 2 is 1.71 bits per heavy atom. The quantitative estimate of drug-likeness (QED) is 0.491. The average molecular weight is 540 g/mol. The lowest BCUT2D eigenvalue weighted by Crippen LogP contribution is -2.53. The Balaban J connectivity index is 1.64. The van der Waals surface area contributed by atoms with Crippen molar-refractivity contribution in [2.75, 3.05) is 6.54 Å². The first-order valence-corrected chi connectivity index (χ1v) is 12.5. The molecule has 1 atom stereocenters. The lowest BCUT2D eigenvalue weighted by atomic mass is 10.1. The van der Waals surface area contributed by atoms with Crippen LogP contribution in [0.5, 0.6) is 0 Å². The van der Waals surface area contributed by atoms with Gasteiger partial charge >= 0.3 is 12.1 Å². The van der Waals surface area contributed by atoms with Gasteiger partial charge in [-0.05, 0) is 44.4 Å². The fourth-order valence-corrected chi connectivity index (χ4v) is 4.72. The molecule has 0 aliphatic carbocycles. The molecule has 38 heavy (non-hydrogen) atoms. The number of hydrazine groups is 1. The van der Waals surface area contributed by atoms with Crippen molar-refractivity contribution in [2.45, 2.75) is 51.8 Å². The molecule has 4 rings (SSSR count). The van der Waals surface area contributed by atoms with Gasteiger partial charge in [-0.1, -0.05) is 48.5 Å². The van der Waals surface area contributed by atoms with E-state index >= 15 is 0 Å². The number of hydrogen-bond donors (Lipinski definition) is 1. The Morgan fingerprint density at radius 1 is 1.05 bits per heavy atom. The van der Waals surface area contributed by atoms with Crippen LogP contribution in [0.3, 0.4) is 0 Å². The predicted octanol–water partition coefficient (Wildman–Crippen LogP) is 4.05. The molecule has 1 aliphatic rings. The van der Waals surface area contributed by atoms with Gasteiger partial charge < -0.3 is 10.5 Å². The summed E-state index contributed by atoms with van der Waals surface area (Å²) in [5.74, 6) is -1.04. The lowest BCUT2D eigenvalue weighted by molar-refractivity contribution is -0.153. The number of fused-ring (bicyclic) bond motifs is 1. The summed E-state index contributed by atoms with van der Waals surface area (Å²) in [6.07, 6.45) is 0.749. The van der Waals surface area contributed by atoms with Crippen LogP contribution in [0.25, 0.3) is 10.9 Å². The van der Waals surface area contributed by atoms with Crippen LogP contribution >= 0.6 is 11.8 Å². The third-order valence-electron chi connectivity index (χ3n) is 6.09. The van der Waals surface area contributed by atoms with Gasteiger partial charge in [-0.3, -0.25) is 14.2 Å². The van der Waals surface area contributed by atoms with Crippen LogP contribution in [0.4, 0.5) is 9.59 Å². The molecule has 1 aliphatic heterocycles. The van der Waals surface area contributed by atoms with Crippen LogP contribution in [0.2, 0.25) is 0 Å². The molecule has 11 heteroatoms. The second-order valence-corrected chi connectivity index (χ2v) is 10.5. The maximum absolute atomic E-state index is 13.8. The fraction of sp³-hybridized carbons (Fsp3) is 0.333. The molecule has 0 saturated carbocycles. The van der Waals surface area contributed by atoms with Crippen molar-refractivity contribution in [2.24, 2.45) is 5.73 Å². The number of carbonyl (C=O) groups is 4. The van der Waals surface area contributed by atoms with Gasteiger partial charge in [-0.15, -0.1) is 0 Å². The number of amides is 4. The van der Waals surface area contributed by atoms with Gasteiger partial charge in [0.1, 0.15) is 11.6 Å². The molecule has 4 amide bonds. The summed E-state index contributed by atoms with van der Waals surface area (Å²) in [6, 6.07) is 14.5. The molecule has 1 fully saturated rings. The van der Waals surface area contributed by atoms with Gasteiger partial charge in [-0.2, -0.15) is 0 Å². The highest BCUT2D eigenvalue weighted by Gasteiger charge is 2.45. The molecule has 200 valence electrons. The molecule has 2 heterocycles. The largest absolute Gasteiger partial charge is 0.442 e. The maximum atomic E-state index is 13.8. The van der Waals surface area contributed by atoms with E-state index in [0.29, 0.717) is 16.5 Å². The topological polar surface area (TPSA) is 118 Å². The van der Waals surface area contributed by atoms with Crippen molar-refractivity contribution in [3.8, 4) is 0 Å². The van der Waals surface area contributed by atoms with E-state index in [1.165, 1.54) is 10.8 Å². The third kappa shape index (κ3) is 5.75. The van der Waals surface area contributed by atoms with Crippen LogP contribution < -0.4 is 5.73 Å². The summed E-state index contributed by atoms with van der Waals surface area (Å²) in [5, 5.41) is 2.94. The summed E-state index contributed by atoms with van der Waals surface area (Å²) in [4.78, 5) is 52.2. The van der Waals surface area contributed by atoms with Gasteiger partial charge in [0.05, 0.1) is 18.5 Å². The average Bonchev–Trinajstić information content (AvgIpc) is 3.46. The molecule has 10 nitrogen and oxygen atoms in total. The molecule has 1 unspecified atom stereocenters. The van der Waals surface area contributed by atoms with Crippen molar-refractivity contribution >= 4 is 46.6 Å².